The van der Waals surface area contributed by atoms with E-state index in [-0.39, 0.29) is 22.2 Å². The second-order valence-corrected chi connectivity index (χ2v) is 10.0. The van der Waals surface area contributed by atoms with Crippen LogP contribution in [-0.2, 0) is 15.6 Å². The van der Waals surface area contributed by atoms with Crippen molar-refractivity contribution in [3.8, 4) is 11.8 Å². The van der Waals surface area contributed by atoms with E-state index < -0.39 is 5.91 Å². The Morgan fingerprint density at radius 3 is 1.93 bits per heavy atom. The molecule has 152 valence electrons. The molecule has 0 saturated carbocycles. The third-order valence-electron chi connectivity index (χ3n) is 4.53. The van der Waals surface area contributed by atoms with E-state index in [2.05, 4.69) is 21.2 Å². The lowest BCUT2D eigenvalue weighted by atomic mass is 9.78. The number of aromatic hydroxyl groups is 1. The van der Waals surface area contributed by atoms with E-state index in [0.29, 0.717) is 11.3 Å². The largest absolute Gasteiger partial charge is 0.507 e. The minimum atomic E-state index is -0.475. The maximum Gasteiger partial charge on any atom is 0.266 e. The number of carbonyl (C=O) groups is 1. The van der Waals surface area contributed by atoms with Gasteiger partial charge in [-0.15, -0.1) is 0 Å². The number of anilines is 1. The Hall–Kier alpha value is -2.58. The first kappa shape index (κ1) is 22.7. The van der Waals surface area contributed by atoms with E-state index in [1.165, 1.54) is 0 Å². The van der Waals surface area contributed by atoms with Crippen LogP contribution in [-0.4, -0.2) is 11.0 Å². The quantitative estimate of drug-likeness (QED) is 0.422. The average molecular weight is 455 g/mol. The van der Waals surface area contributed by atoms with Crippen LogP contribution in [0.3, 0.4) is 0 Å². The molecule has 0 fully saturated rings. The van der Waals surface area contributed by atoms with Crippen molar-refractivity contribution >= 4 is 33.6 Å². The van der Waals surface area contributed by atoms with Crippen molar-refractivity contribution in [3.63, 3.8) is 0 Å². The normalized spacial score (nSPS) is 12.4. The van der Waals surface area contributed by atoms with E-state index in [1.54, 1.807) is 18.2 Å². The number of carbonyl (C=O) groups excluding carboxylic acids is 1. The number of hydrogen-bond donors (Lipinski definition) is 2. The lowest BCUT2D eigenvalue weighted by Gasteiger charge is -2.28. The highest BCUT2D eigenvalue weighted by Crippen LogP contribution is 2.40. The summed E-state index contributed by atoms with van der Waals surface area (Å²) in [5.41, 5.74) is 2.29. The molecule has 0 atom stereocenters. The van der Waals surface area contributed by atoms with Crippen molar-refractivity contribution < 1.29 is 9.90 Å². The Bertz CT molecular complexity index is 951. The molecule has 29 heavy (non-hydrogen) atoms. The van der Waals surface area contributed by atoms with Crippen molar-refractivity contribution in [2.45, 2.75) is 52.4 Å². The molecule has 0 aliphatic heterocycles. The molecule has 2 aromatic carbocycles. The lowest BCUT2D eigenvalue weighted by molar-refractivity contribution is -0.112. The van der Waals surface area contributed by atoms with Crippen LogP contribution in [0.25, 0.3) is 6.08 Å². The number of nitriles is 1. The van der Waals surface area contributed by atoms with Crippen LogP contribution in [0.4, 0.5) is 5.69 Å². The average Bonchev–Trinajstić information content (AvgIpc) is 2.60. The summed E-state index contributed by atoms with van der Waals surface area (Å²) >= 11 is 3.35. The summed E-state index contributed by atoms with van der Waals surface area (Å²) in [6, 6.07) is 12.8. The minimum Gasteiger partial charge on any atom is -0.507 e. The van der Waals surface area contributed by atoms with E-state index in [9.17, 15) is 15.2 Å². The zero-order valence-electron chi connectivity index (χ0n) is 17.7. The first-order valence-corrected chi connectivity index (χ1v) is 10.2. The van der Waals surface area contributed by atoms with Gasteiger partial charge in [-0.25, -0.2) is 0 Å². The summed E-state index contributed by atoms with van der Waals surface area (Å²) < 4.78 is 0.903. The zero-order valence-corrected chi connectivity index (χ0v) is 19.3. The SMILES string of the molecule is CC(C)(C)c1cc(C=C(C#N)C(=O)Nc2ccc(Br)cc2)cc(C(C)(C)C)c1O. The monoisotopic (exact) mass is 454 g/mol. The van der Waals surface area contributed by atoms with Gasteiger partial charge in [0.1, 0.15) is 17.4 Å². The number of hydrogen-bond acceptors (Lipinski definition) is 3. The maximum atomic E-state index is 12.6. The van der Waals surface area contributed by atoms with Crippen molar-refractivity contribution in [1.82, 2.24) is 0 Å². The number of benzene rings is 2. The van der Waals surface area contributed by atoms with Gasteiger partial charge in [0.2, 0.25) is 0 Å². The van der Waals surface area contributed by atoms with Crippen molar-refractivity contribution in [3.05, 3.63) is 63.1 Å². The molecule has 4 nitrogen and oxygen atoms in total. The van der Waals surface area contributed by atoms with Crippen LogP contribution in [0, 0.1) is 11.3 Å². The van der Waals surface area contributed by atoms with E-state index >= 15 is 0 Å². The van der Waals surface area contributed by atoms with Crippen LogP contribution in [0.5, 0.6) is 5.75 Å². The lowest BCUT2D eigenvalue weighted by Crippen LogP contribution is -2.18. The van der Waals surface area contributed by atoms with Gasteiger partial charge in [0.15, 0.2) is 0 Å². The Balaban J connectivity index is 2.50. The van der Waals surface area contributed by atoms with E-state index in [0.717, 1.165) is 15.6 Å². The highest BCUT2D eigenvalue weighted by Gasteiger charge is 2.26. The van der Waals surface area contributed by atoms with Crippen LogP contribution < -0.4 is 5.32 Å². The molecule has 2 aromatic rings. The molecular formula is C24H27BrN2O2. The Morgan fingerprint density at radius 2 is 1.52 bits per heavy atom. The number of phenols is 1. The van der Waals surface area contributed by atoms with Gasteiger partial charge in [0.05, 0.1) is 0 Å². The predicted molar refractivity (Wildman–Crippen MR) is 122 cm³/mol. The van der Waals surface area contributed by atoms with E-state index in [1.807, 2.05) is 71.9 Å². The van der Waals surface area contributed by atoms with Crippen molar-refractivity contribution in [2.75, 3.05) is 5.32 Å². The molecule has 5 heteroatoms. The van der Waals surface area contributed by atoms with Crippen LogP contribution in [0.15, 0.2) is 46.4 Å². The maximum absolute atomic E-state index is 12.6. The number of amides is 1. The summed E-state index contributed by atoms with van der Waals surface area (Å²) in [7, 11) is 0. The number of rotatable bonds is 3. The van der Waals surface area contributed by atoms with Crippen LogP contribution in [0.2, 0.25) is 0 Å². The molecule has 0 radical (unpaired) electrons. The fourth-order valence-corrected chi connectivity index (χ4v) is 3.19. The summed E-state index contributed by atoms with van der Waals surface area (Å²) in [6.45, 7) is 12.1. The number of nitrogens with one attached hydrogen (secondary N) is 1. The first-order chi connectivity index (χ1) is 13.3. The summed E-state index contributed by atoms with van der Waals surface area (Å²) in [4.78, 5) is 12.6. The number of phenolic OH excluding ortho intramolecular Hbond substituents is 1. The summed E-state index contributed by atoms with van der Waals surface area (Å²) in [6.07, 6.45) is 1.57. The predicted octanol–water partition coefficient (Wildman–Crippen LogP) is 6.30. The molecule has 0 aromatic heterocycles. The van der Waals surface area contributed by atoms with Gasteiger partial charge < -0.3 is 10.4 Å². The molecule has 0 unspecified atom stereocenters. The minimum absolute atomic E-state index is 0.00155. The molecule has 0 aliphatic rings. The second kappa shape index (κ2) is 8.42. The van der Waals surface area contributed by atoms with Gasteiger partial charge in [-0.05, 0) is 58.9 Å². The number of nitrogens with zero attached hydrogens (tertiary/aromatic N) is 1. The van der Waals surface area contributed by atoms with Gasteiger partial charge in [-0.1, -0.05) is 57.5 Å². The van der Waals surface area contributed by atoms with Gasteiger partial charge in [-0.2, -0.15) is 5.26 Å². The second-order valence-electron chi connectivity index (χ2n) is 9.10. The van der Waals surface area contributed by atoms with Crippen LogP contribution >= 0.6 is 15.9 Å². The molecule has 0 saturated heterocycles. The third-order valence-corrected chi connectivity index (χ3v) is 5.06. The molecular weight excluding hydrogens is 428 g/mol. The standard InChI is InChI=1S/C24H27BrN2O2/c1-23(2,3)19-12-15(13-20(21(19)28)24(4,5)6)11-16(14-26)22(29)27-18-9-7-17(25)8-10-18/h7-13,28H,1-6H3,(H,27,29). The Morgan fingerprint density at radius 1 is 1.03 bits per heavy atom. The molecule has 1 amide bonds. The molecule has 2 N–H and O–H groups in total. The molecule has 0 spiro atoms. The molecule has 0 aliphatic carbocycles. The van der Waals surface area contributed by atoms with Crippen molar-refractivity contribution in [1.29, 1.82) is 5.26 Å². The van der Waals surface area contributed by atoms with Crippen molar-refractivity contribution in [2.24, 2.45) is 0 Å². The van der Waals surface area contributed by atoms with Gasteiger partial charge in [0.25, 0.3) is 5.91 Å². The highest BCUT2D eigenvalue weighted by atomic mass is 79.9. The Kier molecular flexibility index (Phi) is 6.60. The fourth-order valence-electron chi connectivity index (χ4n) is 2.93. The summed E-state index contributed by atoms with van der Waals surface area (Å²) in [5, 5.41) is 23.1. The molecule has 2 rings (SSSR count). The van der Waals surface area contributed by atoms with E-state index in [4.69, 9.17) is 0 Å². The topological polar surface area (TPSA) is 73.1 Å². The first-order valence-electron chi connectivity index (χ1n) is 9.39. The van der Waals surface area contributed by atoms with Crippen LogP contribution in [0.1, 0.15) is 58.2 Å². The molecule has 0 bridgehead atoms. The van der Waals surface area contributed by atoms with Gasteiger partial charge in [0, 0.05) is 21.3 Å². The highest BCUT2D eigenvalue weighted by molar-refractivity contribution is 9.10. The summed E-state index contributed by atoms with van der Waals surface area (Å²) in [5.74, 6) is -0.211. The fraction of sp³-hybridized carbons (Fsp3) is 0.333. The van der Waals surface area contributed by atoms with Gasteiger partial charge >= 0.3 is 0 Å². The third kappa shape index (κ3) is 5.71. The Labute approximate surface area is 181 Å². The smallest absolute Gasteiger partial charge is 0.266 e. The zero-order chi connectivity index (χ0) is 22.0. The van der Waals surface area contributed by atoms with Gasteiger partial charge in [-0.3, -0.25) is 4.79 Å². The number of halogens is 1. The molecule has 0 heterocycles.